The summed E-state index contributed by atoms with van der Waals surface area (Å²) in [5.41, 5.74) is 0. The van der Waals surface area contributed by atoms with Gasteiger partial charge in [-0.05, 0) is 6.42 Å². The molecule has 0 bridgehead atoms. The van der Waals surface area contributed by atoms with Crippen LogP contribution in [0.15, 0.2) is 0 Å². The van der Waals surface area contributed by atoms with Crippen molar-refractivity contribution in [3.05, 3.63) is 0 Å². The van der Waals surface area contributed by atoms with Crippen LogP contribution in [-0.4, -0.2) is 6.29 Å². The third-order valence-electron chi connectivity index (χ3n) is 3.93. The molecule has 0 N–H and O–H groups in total. The first-order valence-corrected chi connectivity index (χ1v) is 8.85. The Labute approximate surface area is 140 Å². The maximum Gasteiger partial charge on any atom is 0.119 e. The molecule has 0 aromatic carbocycles. The first-order chi connectivity index (χ1) is 9.41. The molecule has 0 radical (unpaired) electrons. The van der Waals surface area contributed by atoms with Gasteiger partial charge in [0.2, 0.25) is 0 Å². The van der Waals surface area contributed by atoms with Crippen molar-refractivity contribution in [1.82, 2.24) is 0 Å². The Morgan fingerprint density at radius 3 is 1.15 bits per heavy atom. The summed E-state index contributed by atoms with van der Waals surface area (Å²) in [6.45, 7) is 2.28. The molecule has 0 aromatic rings. The van der Waals surface area contributed by atoms with E-state index >= 15 is 0 Å². The molecule has 0 atom stereocenters. The van der Waals surface area contributed by atoms with Crippen molar-refractivity contribution >= 4 is 6.29 Å². The maximum absolute atomic E-state index is 10.1. The van der Waals surface area contributed by atoms with Crippen molar-refractivity contribution in [2.24, 2.45) is 0 Å². The Morgan fingerprint density at radius 2 is 0.850 bits per heavy atom. The maximum atomic E-state index is 10.1. The molecule has 1 nitrogen and oxygen atoms in total. The van der Waals surface area contributed by atoms with Gasteiger partial charge in [0.1, 0.15) is 6.29 Å². The van der Waals surface area contributed by atoms with E-state index in [1.165, 1.54) is 89.9 Å². The Balaban J connectivity index is 0. The van der Waals surface area contributed by atoms with Gasteiger partial charge in [0.15, 0.2) is 0 Å². The number of hydrogen-bond acceptors (Lipinski definition) is 1. The number of aldehydes is 1. The van der Waals surface area contributed by atoms with E-state index in [1.807, 2.05) is 0 Å². The molecule has 0 unspecified atom stereocenters. The van der Waals surface area contributed by atoms with Crippen LogP contribution in [0.1, 0.15) is 110 Å². The first kappa shape index (κ1) is 22.6. The smallest absolute Gasteiger partial charge is 0.119 e. The number of unbranched alkanes of at least 4 members (excludes halogenated alkanes) is 15. The van der Waals surface area contributed by atoms with Crippen LogP contribution < -0.4 is 0 Å². The first-order valence-electron chi connectivity index (χ1n) is 8.85. The SMILES string of the molecule is CCCCCCCCCCCCCCCCCC=O.[Zn]. The predicted octanol–water partition coefficient (Wildman–Crippen LogP) is 6.44. The summed E-state index contributed by atoms with van der Waals surface area (Å²) in [5.74, 6) is 0. The van der Waals surface area contributed by atoms with Crippen LogP contribution in [0.3, 0.4) is 0 Å². The Hall–Kier alpha value is 0.293. The fraction of sp³-hybridized carbons (Fsp3) is 0.944. The van der Waals surface area contributed by atoms with Gasteiger partial charge in [-0.2, -0.15) is 0 Å². The molecule has 2 heteroatoms. The van der Waals surface area contributed by atoms with E-state index in [0.29, 0.717) is 0 Å². The Morgan fingerprint density at radius 1 is 0.550 bits per heavy atom. The molecule has 0 rings (SSSR count). The van der Waals surface area contributed by atoms with Crippen molar-refractivity contribution in [3.63, 3.8) is 0 Å². The van der Waals surface area contributed by atoms with Crippen LogP contribution in [0, 0.1) is 0 Å². The topological polar surface area (TPSA) is 17.1 Å². The summed E-state index contributed by atoms with van der Waals surface area (Å²) in [7, 11) is 0. The summed E-state index contributed by atoms with van der Waals surface area (Å²) in [5, 5.41) is 0. The van der Waals surface area contributed by atoms with Crippen LogP contribution in [0.4, 0.5) is 0 Å². The summed E-state index contributed by atoms with van der Waals surface area (Å²) in [4.78, 5) is 10.1. The number of hydrogen-bond donors (Lipinski definition) is 0. The van der Waals surface area contributed by atoms with E-state index in [1.54, 1.807) is 0 Å². The zero-order valence-electron chi connectivity index (χ0n) is 14.0. The fourth-order valence-corrected chi connectivity index (χ4v) is 2.60. The normalized spacial score (nSPS) is 10.2. The van der Waals surface area contributed by atoms with E-state index in [-0.39, 0.29) is 19.5 Å². The van der Waals surface area contributed by atoms with E-state index in [4.69, 9.17) is 0 Å². The zero-order valence-corrected chi connectivity index (χ0v) is 17.0. The van der Waals surface area contributed by atoms with Crippen molar-refractivity contribution in [3.8, 4) is 0 Å². The van der Waals surface area contributed by atoms with Gasteiger partial charge in [-0.15, -0.1) is 0 Å². The van der Waals surface area contributed by atoms with Crippen LogP contribution >= 0.6 is 0 Å². The molecule has 0 aliphatic carbocycles. The molecule has 0 saturated heterocycles. The minimum atomic E-state index is 0. The minimum Gasteiger partial charge on any atom is -0.303 e. The molecule has 0 heterocycles. The monoisotopic (exact) mass is 332 g/mol. The summed E-state index contributed by atoms with van der Waals surface area (Å²) in [6.07, 6.45) is 22.6. The van der Waals surface area contributed by atoms with E-state index < -0.39 is 0 Å². The predicted molar refractivity (Wildman–Crippen MR) is 85.6 cm³/mol. The van der Waals surface area contributed by atoms with Crippen LogP contribution in [0.2, 0.25) is 0 Å². The molecule has 0 aliphatic heterocycles. The van der Waals surface area contributed by atoms with E-state index in [2.05, 4.69) is 6.92 Å². The average Bonchev–Trinajstić information content (AvgIpc) is 2.43. The van der Waals surface area contributed by atoms with Gasteiger partial charge in [0.05, 0.1) is 0 Å². The van der Waals surface area contributed by atoms with Gasteiger partial charge < -0.3 is 4.79 Å². The molecule has 0 saturated carbocycles. The summed E-state index contributed by atoms with van der Waals surface area (Å²) >= 11 is 0. The molecular weight excluding hydrogens is 298 g/mol. The zero-order chi connectivity index (χ0) is 14.0. The Bertz CT molecular complexity index is 171. The van der Waals surface area contributed by atoms with Crippen molar-refractivity contribution in [2.45, 2.75) is 110 Å². The molecule has 0 aromatic heterocycles. The van der Waals surface area contributed by atoms with Crippen molar-refractivity contribution < 1.29 is 24.3 Å². The van der Waals surface area contributed by atoms with Crippen LogP contribution in [0.25, 0.3) is 0 Å². The number of carbonyl (C=O) groups is 1. The minimum absolute atomic E-state index is 0. The molecule has 0 amide bonds. The van der Waals surface area contributed by atoms with Gasteiger partial charge in [0.25, 0.3) is 0 Å². The molecular formula is C18H36OZn. The summed E-state index contributed by atoms with van der Waals surface area (Å²) < 4.78 is 0. The molecule has 0 aliphatic rings. The second kappa shape index (κ2) is 21.6. The van der Waals surface area contributed by atoms with Gasteiger partial charge in [-0.1, -0.05) is 96.8 Å². The largest absolute Gasteiger partial charge is 0.303 e. The average molecular weight is 334 g/mol. The third kappa shape index (κ3) is 20.6. The number of rotatable bonds is 16. The number of carbonyl (C=O) groups excluding carboxylic acids is 1. The standard InChI is InChI=1S/C18H36O.Zn/c1-2-3-4-5-6-7-8-9-10-11-12-13-14-15-16-17-18-19;/h18H,2-17H2,1H3;. The second-order valence-electron chi connectivity index (χ2n) is 5.91. The van der Waals surface area contributed by atoms with E-state index in [0.717, 1.165) is 19.1 Å². The van der Waals surface area contributed by atoms with Gasteiger partial charge in [-0.3, -0.25) is 0 Å². The molecule has 20 heavy (non-hydrogen) atoms. The van der Waals surface area contributed by atoms with Gasteiger partial charge in [0, 0.05) is 25.9 Å². The Kier molecular flexibility index (Phi) is 24.4. The van der Waals surface area contributed by atoms with Gasteiger partial charge >= 0.3 is 0 Å². The van der Waals surface area contributed by atoms with Crippen molar-refractivity contribution in [1.29, 1.82) is 0 Å². The molecule has 0 spiro atoms. The van der Waals surface area contributed by atoms with Gasteiger partial charge in [-0.25, -0.2) is 0 Å². The second-order valence-corrected chi connectivity index (χ2v) is 5.91. The van der Waals surface area contributed by atoms with Crippen LogP contribution in [-0.2, 0) is 24.3 Å². The summed E-state index contributed by atoms with van der Waals surface area (Å²) in [6, 6.07) is 0. The van der Waals surface area contributed by atoms with Crippen LogP contribution in [0.5, 0.6) is 0 Å². The van der Waals surface area contributed by atoms with Crippen molar-refractivity contribution in [2.75, 3.05) is 0 Å². The fourth-order valence-electron chi connectivity index (χ4n) is 2.60. The third-order valence-corrected chi connectivity index (χ3v) is 3.93. The molecule has 0 fully saturated rings. The quantitative estimate of drug-likeness (QED) is 0.180. The van der Waals surface area contributed by atoms with E-state index in [9.17, 15) is 4.79 Å². The molecule has 116 valence electrons.